The summed E-state index contributed by atoms with van der Waals surface area (Å²) >= 11 is 0. The van der Waals surface area contributed by atoms with Crippen molar-refractivity contribution >= 4 is 17.5 Å². The number of carbonyl (C=O) groups is 2. The van der Waals surface area contributed by atoms with Gasteiger partial charge in [-0.3, -0.25) is 14.6 Å². The van der Waals surface area contributed by atoms with E-state index in [1.165, 1.54) is 12.3 Å². The van der Waals surface area contributed by atoms with Crippen LogP contribution in [-0.4, -0.2) is 61.5 Å². The van der Waals surface area contributed by atoms with Crippen molar-refractivity contribution in [2.24, 2.45) is 0 Å². The van der Waals surface area contributed by atoms with Gasteiger partial charge in [0.2, 0.25) is 0 Å². The van der Waals surface area contributed by atoms with Crippen LogP contribution < -0.4 is 15.0 Å². The largest absolute Gasteiger partial charge is 0.495 e. The van der Waals surface area contributed by atoms with Gasteiger partial charge >= 0.3 is 0 Å². The Labute approximate surface area is 164 Å². The Hall–Kier alpha value is -3.35. The van der Waals surface area contributed by atoms with Crippen LogP contribution in [-0.2, 0) is 0 Å². The maximum Gasteiger partial charge on any atom is 0.270 e. The number of nitrogens with zero attached hydrogens (tertiary/aromatic N) is 3. The zero-order chi connectivity index (χ0) is 19.9. The molecule has 7 heteroatoms. The van der Waals surface area contributed by atoms with Crippen molar-refractivity contribution in [3.63, 3.8) is 0 Å². The summed E-state index contributed by atoms with van der Waals surface area (Å²) in [5.41, 5.74) is 1.71. The number of pyridine rings is 1. The van der Waals surface area contributed by atoms with Crippen LogP contribution in [0.5, 0.6) is 5.75 Å². The monoisotopic (exact) mass is 380 g/mol. The molecule has 0 unspecified atom stereocenters. The maximum absolute atomic E-state index is 12.9. The fraction of sp³-hybridized carbons (Fsp3) is 0.286. The van der Waals surface area contributed by atoms with E-state index in [0.29, 0.717) is 38.3 Å². The maximum atomic E-state index is 12.9. The predicted molar refractivity (Wildman–Crippen MR) is 108 cm³/mol. The molecule has 0 aliphatic carbocycles. The minimum Gasteiger partial charge on any atom is -0.495 e. The Balaban J connectivity index is 1.65. The molecule has 1 aliphatic rings. The third kappa shape index (κ3) is 4.31. The van der Waals surface area contributed by atoms with Crippen molar-refractivity contribution in [1.82, 2.24) is 15.2 Å². The number of nitrogens with one attached hydrogen (secondary N) is 1. The number of benzene rings is 1. The number of hydrogen-bond acceptors (Lipinski definition) is 5. The summed E-state index contributed by atoms with van der Waals surface area (Å²) in [4.78, 5) is 33.0. The van der Waals surface area contributed by atoms with Crippen molar-refractivity contribution in [2.75, 3.05) is 44.7 Å². The first kappa shape index (κ1) is 19.4. The van der Waals surface area contributed by atoms with Crippen LogP contribution in [0.2, 0.25) is 0 Å². The fourth-order valence-corrected chi connectivity index (χ4v) is 3.17. The van der Waals surface area contributed by atoms with Gasteiger partial charge in [-0.15, -0.1) is 6.58 Å². The molecule has 146 valence electrons. The molecule has 2 heterocycles. The van der Waals surface area contributed by atoms with Crippen molar-refractivity contribution in [3.8, 4) is 5.75 Å². The van der Waals surface area contributed by atoms with Gasteiger partial charge in [-0.1, -0.05) is 18.2 Å². The van der Waals surface area contributed by atoms with Gasteiger partial charge in [-0.2, -0.15) is 0 Å². The molecule has 1 N–H and O–H groups in total. The van der Waals surface area contributed by atoms with E-state index in [0.717, 1.165) is 11.4 Å². The molecule has 3 rings (SSSR count). The molecule has 1 aromatic carbocycles. The highest BCUT2D eigenvalue weighted by Gasteiger charge is 2.24. The first-order chi connectivity index (χ1) is 13.6. The number of carbonyl (C=O) groups excluding carboxylic acids is 2. The van der Waals surface area contributed by atoms with Crippen molar-refractivity contribution < 1.29 is 14.3 Å². The van der Waals surface area contributed by atoms with Gasteiger partial charge in [0.05, 0.1) is 12.8 Å². The molecule has 0 radical (unpaired) electrons. The van der Waals surface area contributed by atoms with Gasteiger partial charge < -0.3 is 19.9 Å². The van der Waals surface area contributed by atoms with Gasteiger partial charge in [-0.25, -0.2) is 0 Å². The van der Waals surface area contributed by atoms with Gasteiger partial charge in [-0.05, 0) is 24.3 Å². The molecule has 1 aromatic heterocycles. The average molecular weight is 380 g/mol. The second kappa shape index (κ2) is 9.03. The predicted octanol–water partition coefficient (Wildman–Crippen LogP) is 1.97. The number of amides is 2. The average Bonchev–Trinajstić information content (AvgIpc) is 2.77. The molecule has 7 nitrogen and oxygen atoms in total. The summed E-state index contributed by atoms with van der Waals surface area (Å²) in [6.45, 7) is 6.53. The minimum atomic E-state index is -0.324. The van der Waals surface area contributed by atoms with Crippen LogP contribution >= 0.6 is 0 Å². The zero-order valence-corrected chi connectivity index (χ0v) is 15.9. The van der Waals surface area contributed by atoms with Crippen LogP contribution in [0, 0.1) is 0 Å². The number of para-hydroxylation sites is 2. The number of hydrogen-bond donors (Lipinski definition) is 1. The molecule has 0 bridgehead atoms. The number of ether oxygens (including phenoxy) is 1. The van der Waals surface area contributed by atoms with E-state index in [1.807, 2.05) is 24.3 Å². The summed E-state index contributed by atoms with van der Waals surface area (Å²) < 4.78 is 5.43. The molecule has 0 atom stereocenters. The Morgan fingerprint density at radius 2 is 1.96 bits per heavy atom. The molecule has 2 aromatic rings. The molecule has 2 amide bonds. The fourth-order valence-electron chi connectivity index (χ4n) is 3.17. The van der Waals surface area contributed by atoms with E-state index in [1.54, 1.807) is 24.2 Å². The Morgan fingerprint density at radius 3 is 2.68 bits per heavy atom. The first-order valence-corrected chi connectivity index (χ1v) is 9.16. The lowest BCUT2D eigenvalue weighted by molar-refractivity contribution is 0.0746. The molecular formula is C21H24N4O3. The van der Waals surface area contributed by atoms with Gasteiger partial charge in [0, 0.05) is 44.5 Å². The number of aromatic nitrogens is 1. The number of rotatable bonds is 6. The second-order valence-corrected chi connectivity index (χ2v) is 6.38. The number of anilines is 1. The highest BCUT2D eigenvalue weighted by atomic mass is 16.5. The summed E-state index contributed by atoms with van der Waals surface area (Å²) in [5.74, 6) is 0.405. The van der Waals surface area contributed by atoms with Crippen molar-refractivity contribution in [3.05, 3.63) is 66.5 Å². The lowest BCUT2D eigenvalue weighted by Crippen LogP contribution is -2.49. The number of methoxy groups -OCH3 is 1. The van der Waals surface area contributed by atoms with Crippen LogP contribution in [0.4, 0.5) is 5.69 Å². The van der Waals surface area contributed by atoms with E-state index in [-0.39, 0.29) is 17.5 Å². The van der Waals surface area contributed by atoms with E-state index < -0.39 is 0 Å². The Kier molecular flexibility index (Phi) is 6.26. The van der Waals surface area contributed by atoms with E-state index in [9.17, 15) is 9.59 Å². The summed E-state index contributed by atoms with van der Waals surface area (Å²) in [5, 5.41) is 2.67. The molecule has 0 saturated carbocycles. The molecule has 1 fully saturated rings. The highest BCUT2D eigenvalue weighted by molar-refractivity contribution is 5.98. The third-order valence-corrected chi connectivity index (χ3v) is 4.64. The van der Waals surface area contributed by atoms with E-state index >= 15 is 0 Å². The van der Waals surface area contributed by atoms with Crippen molar-refractivity contribution in [2.45, 2.75) is 0 Å². The molecule has 1 saturated heterocycles. The lowest BCUT2D eigenvalue weighted by atomic mass is 10.1. The molecule has 1 aliphatic heterocycles. The molecular weight excluding hydrogens is 356 g/mol. The standard InChI is InChI=1S/C21H24N4O3/c1-3-9-23-20(26)17-15-16(8-10-22-17)21(27)25-13-11-24(12-14-25)18-6-4-5-7-19(18)28-2/h3-8,10,15H,1,9,11-14H2,2H3,(H,23,26). The smallest absolute Gasteiger partial charge is 0.270 e. The SMILES string of the molecule is C=CCNC(=O)c1cc(C(=O)N2CCN(c3ccccc3OC)CC2)ccn1. The van der Waals surface area contributed by atoms with Gasteiger partial charge in [0.1, 0.15) is 11.4 Å². The van der Waals surface area contributed by atoms with Gasteiger partial charge in [0.15, 0.2) is 0 Å². The van der Waals surface area contributed by atoms with Crippen LogP contribution in [0.15, 0.2) is 55.3 Å². The summed E-state index contributed by atoms with van der Waals surface area (Å²) in [6.07, 6.45) is 3.08. The normalized spacial score (nSPS) is 13.8. The lowest BCUT2D eigenvalue weighted by Gasteiger charge is -2.36. The Bertz CT molecular complexity index is 860. The third-order valence-electron chi connectivity index (χ3n) is 4.64. The quantitative estimate of drug-likeness (QED) is 0.776. The van der Waals surface area contributed by atoms with Crippen LogP contribution in [0.25, 0.3) is 0 Å². The summed E-state index contributed by atoms with van der Waals surface area (Å²) in [7, 11) is 1.66. The van der Waals surface area contributed by atoms with Crippen LogP contribution in [0.3, 0.4) is 0 Å². The minimum absolute atomic E-state index is 0.0974. The molecule has 28 heavy (non-hydrogen) atoms. The second-order valence-electron chi connectivity index (χ2n) is 6.38. The first-order valence-electron chi connectivity index (χ1n) is 9.16. The van der Waals surface area contributed by atoms with Gasteiger partial charge in [0.25, 0.3) is 11.8 Å². The zero-order valence-electron chi connectivity index (χ0n) is 15.9. The summed E-state index contributed by atoms with van der Waals surface area (Å²) in [6, 6.07) is 11.0. The highest BCUT2D eigenvalue weighted by Crippen LogP contribution is 2.28. The van der Waals surface area contributed by atoms with E-state index in [2.05, 4.69) is 21.8 Å². The Morgan fingerprint density at radius 1 is 1.21 bits per heavy atom. The number of piperazine rings is 1. The van der Waals surface area contributed by atoms with Crippen LogP contribution in [0.1, 0.15) is 20.8 Å². The topological polar surface area (TPSA) is 74.8 Å². The van der Waals surface area contributed by atoms with Crippen molar-refractivity contribution in [1.29, 1.82) is 0 Å². The molecule has 0 spiro atoms. The van der Waals surface area contributed by atoms with E-state index in [4.69, 9.17) is 4.74 Å².